The number of rotatable bonds is 3. The van der Waals surface area contributed by atoms with E-state index in [1.54, 1.807) is 0 Å². The summed E-state index contributed by atoms with van der Waals surface area (Å²) in [6, 6.07) is 13.8. The molecule has 0 radical (unpaired) electrons. The van der Waals surface area contributed by atoms with Crippen molar-refractivity contribution in [2.45, 2.75) is 31.7 Å². The Labute approximate surface area is 207 Å². The van der Waals surface area contributed by atoms with E-state index in [1.165, 1.54) is 12.8 Å². The van der Waals surface area contributed by atoms with Crippen molar-refractivity contribution in [3.63, 3.8) is 0 Å². The van der Waals surface area contributed by atoms with Crippen LogP contribution in [0.25, 0.3) is 33.7 Å². The molecule has 0 bridgehead atoms. The Balaban J connectivity index is 1.29. The minimum absolute atomic E-state index is 0.210. The number of nitrogens with zero attached hydrogens (tertiary/aromatic N) is 2. The lowest BCUT2D eigenvalue weighted by Crippen LogP contribution is -2.23. The average Bonchev–Trinajstić information content (AvgIpc) is 3.64. The number of aromatic nitrogens is 1. The molecule has 1 atom stereocenters. The van der Waals surface area contributed by atoms with E-state index in [0.29, 0.717) is 41.0 Å². The van der Waals surface area contributed by atoms with Gasteiger partial charge in [0.15, 0.2) is 22.9 Å². The highest BCUT2D eigenvalue weighted by molar-refractivity contribution is 6.36. The highest BCUT2D eigenvalue weighted by Gasteiger charge is 2.33. The molecule has 3 heterocycles. The van der Waals surface area contributed by atoms with Gasteiger partial charge < -0.3 is 13.9 Å². The molecule has 1 aromatic heterocycles. The summed E-state index contributed by atoms with van der Waals surface area (Å²) in [6.07, 6.45) is 4.11. The van der Waals surface area contributed by atoms with Gasteiger partial charge in [-0.25, -0.2) is 9.37 Å². The van der Waals surface area contributed by atoms with Crippen molar-refractivity contribution in [1.82, 2.24) is 9.88 Å². The van der Waals surface area contributed by atoms with Crippen LogP contribution < -0.4 is 9.47 Å². The smallest absolute Gasteiger partial charge is 0.229 e. The summed E-state index contributed by atoms with van der Waals surface area (Å²) in [5.74, 6) is 1.46. The quantitative estimate of drug-likeness (QED) is 0.316. The number of halogens is 2. The second-order valence-corrected chi connectivity index (χ2v) is 9.83. The van der Waals surface area contributed by atoms with Crippen LogP contribution in [0, 0.1) is 5.82 Å². The summed E-state index contributed by atoms with van der Waals surface area (Å²) in [5, 5.41) is 0.499. The second kappa shape index (κ2) is 8.25. The van der Waals surface area contributed by atoms with E-state index in [9.17, 15) is 0 Å². The van der Waals surface area contributed by atoms with Gasteiger partial charge in [-0.3, -0.25) is 4.90 Å². The predicted molar refractivity (Wildman–Crippen MR) is 133 cm³/mol. The third-order valence-corrected chi connectivity index (χ3v) is 7.86. The number of hydrogen-bond donors (Lipinski definition) is 0. The number of fused-ring (bicyclic) bond motifs is 3. The van der Waals surface area contributed by atoms with E-state index in [2.05, 4.69) is 4.90 Å². The fraction of sp³-hybridized carbons (Fsp3) is 0.321. The number of hydrogen-bond acceptors (Lipinski definition) is 5. The van der Waals surface area contributed by atoms with Crippen LogP contribution in [0.2, 0.25) is 5.02 Å². The summed E-state index contributed by atoms with van der Waals surface area (Å²) in [5.41, 5.74) is 4.94. The molecule has 0 spiro atoms. The standard InChI is InChI=1S/C28H24ClFN2O3/c29-25-17(16-6-9-23-24(14-16)34-13-12-33-23)4-3-5-19(25)28-31-21-15-20-18(26(30)27(21)35-28)7-8-22(20)32-10-1-2-11-32/h3-6,9,14-15,22H,1-2,7-8,10-13H2. The van der Waals surface area contributed by atoms with E-state index < -0.39 is 0 Å². The van der Waals surface area contributed by atoms with Gasteiger partial charge in [0.1, 0.15) is 18.7 Å². The van der Waals surface area contributed by atoms with Crippen LogP contribution in [0.15, 0.2) is 46.9 Å². The van der Waals surface area contributed by atoms with Crippen molar-refractivity contribution in [2.75, 3.05) is 26.3 Å². The summed E-state index contributed by atoms with van der Waals surface area (Å²) in [4.78, 5) is 7.17. The molecule has 0 saturated carbocycles. The molecule has 1 saturated heterocycles. The van der Waals surface area contributed by atoms with Crippen molar-refractivity contribution < 1.29 is 18.3 Å². The van der Waals surface area contributed by atoms with Crippen LogP contribution in [0.4, 0.5) is 4.39 Å². The van der Waals surface area contributed by atoms with E-state index in [-0.39, 0.29) is 17.4 Å². The highest BCUT2D eigenvalue weighted by Crippen LogP contribution is 2.44. The lowest BCUT2D eigenvalue weighted by atomic mass is 10.0. The third kappa shape index (κ3) is 3.42. The molecule has 2 aliphatic heterocycles. The number of oxazole rings is 1. The topological polar surface area (TPSA) is 47.7 Å². The predicted octanol–water partition coefficient (Wildman–Crippen LogP) is 6.81. The molecular weight excluding hydrogens is 467 g/mol. The Hall–Kier alpha value is -3.09. The molecule has 3 aliphatic rings. The molecule has 1 unspecified atom stereocenters. The van der Waals surface area contributed by atoms with Gasteiger partial charge in [0, 0.05) is 11.6 Å². The first-order valence-electron chi connectivity index (χ1n) is 12.2. The molecule has 0 amide bonds. The number of benzene rings is 3. The van der Waals surface area contributed by atoms with Gasteiger partial charge in [-0.05, 0) is 79.7 Å². The molecule has 5 nitrogen and oxygen atoms in total. The van der Waals surface area contributed by atoms with Crippen molar-refractivity contribution in [2.24, 2.45) is 0 Å². The van der Waals surface area contributed by atoms with E-state index in [0.717, 1.165) is 53.9 Å². The second-order valence-electron chi connectivity index (χ2n) is 9.45. The molecule has 1 fully saturated rings. The van der Waals surface area contributed by atoms with Crippen LogP contribution in [-0.4, -0.2) is 36.2 Å². The van der Waals surface area contributed by atoms with Gasteiger partial charge in [0.25, 0.3) is 0 Å². The zero-order valence-corrected chi connectivity index (χ0v) is 19.9. The minimum atomic E-state index is -0.280. The van der Waals surface area contributed by atoms with Crippen molar-refractivity contribution >= 4 is 22.7 Å². The van der Waals surface area contributed by atoms with Crippen LogP contribution in [0.1, 0.15) is 36.4 Å². The third-order valence-electron chi connectivity index (χ3n) is 7.45. The van der Waals surface area contributed by atoms with Crippen molar-refractivity contribution in [3.05, 3.63) is 64.4 Å². The first-order valence-corrected chi connectivity index (χ1v) is 12.6. The average molecular weight is 491 g/mol. The number of ether oxygens (including phenoxy) is 2. The van der Waals surface area contributed by atoms with Crippen molar-refractivity contribution in [1.29, 1.82) is 0 Å². The summed E-state index contributed by atoms with van der Waals surface area (Å²) in [7, 11) is 0. The zero-order chi connectivity index (χ0) is 23.5. The Morgan fingerprint density at radius 2 is 1.77 bits per heavy atom. The Kier molecular flexibility index (Phi) is 5.00. The SMILES string of the molecule is Fc1c2c(cc3nc(-c4cccc(-c5ccc6c(c5)OCCO6)c4Cl)oc13)C(N1CCCC1)CC2. The van der Waals surface area contributed by atoms with Gasteiger partial charge in [0.2, 0.25) is 5.89 Å². The molecular formula is C28H24ClFN2O3. The fourth-order valence-corrected chi connectivity index (χ4v) is 6.07. The molecule has 3 aromatic carbocycles. The van der Waals surface area contributed by atoms with Gasteiger partial charge in [-0.15, -0.1) is 0 Å². The maximum Gasteiger partial charge on any atom is 0.229 e. The molecule has 4 aromatic rings. The maximum atomic E-state index is 15.6. The largest absolute Gasteiger partial charge is 0.486 e. The molecule has 178 valence electrons. The van der Waals surface area contributed by atoms with E-state index in [4.69, 9.17) is 30.5 Å². The van der Waals surface area contributed by atoms with Crippen molar-refractivity contribution in [3.8, 4) is 34.1 Å². The van der Waals surface area contributed by atoms with Gasteiger partial charge in [-0.2, -0.15) is 0 Å². The van der Waals surface area contributed by atoms with E-state index >= 15 is 4.39 Å². The zero-order valence-electron chi connectivity index (χ0n) is 19.2. The highest BCUT2D eigenvalue weighted by atomic mass is 35.5. The Morgan fingerprint density at radius 1 is 0.971 bits per heavy atom. The summed E-state index contributed by atoms with van der Waals surface area (Å²) < 4.78 is 32.9. The molecule has 1 aliphatic carbocycles. The summed E-state index contributed by atoms with van der Waals surface area (Å²) >= 11 is 6.87. The van der Waals surface area contributed by atoms with Crippen LogP contribution in [0.3, 0.4) is 0 Å². The Bertz CT molecular complexity index is 1460. The molecule has 35 heavy (non-hydrogen) atoms. The summed E-state index contributed by atoms with van der Waals surface area (Å²) in [6.45, 7) is 3.21. The van der Waals surface area contributed by atoms with Crippen LogP contribution in [0.5, 0.6) is 11.5 Å². The van der Waals surface area contributed by atoms with Gasteiger partial charge >= 0.3 is 0 Å². The molecule has 7 rings (SSSR count). The first kappa shape index (κ1) is 21.2. The maximum absolute atomic E-state index is 15.6. The normalized spacial score (nSPS) is 19.4. The Morgan fingerprint density at radius 3 is 2.63 bits per heavy atom. The van der Waals surface area contributed by atoms with Crippen LogP contribution in [-0.2, 0) is 6.42 Å². The van der Waals surface area contributed by atoms with Gasteiger partial charge in [0.05, 0.1) is 10.6 Å². The lowest BCUT2D eigenvalue weighted by Gasteiger charge is -2.24. The molecule has 0 N–H and O–H groups in total. The monoisotopic (exact) mass is 490 g/mol. The van der Waals surface area contributed by atoms with Gasteiger partial charge in [-0.1, -0.05) is 29.8 Å². The van der Waals surface area contributed by atoms with E-state index in [1.807, 2.05) is 42.5 Å². The lowest BCUT2D eigenvalue weighted by molar-refractivity contribution is 0.171. The fourth-order valence-electron chi connectivity index (χ4n) is 5.75. The molecule has 7 heteroatoms. The minimum Gasteiger partial charge on any atom is -0.486 e. The van der Waals surface area contributed by atoms with Crippen LogP contribution >= 0.6 is 11.6 Å². The first-order chi connectivity index (χ1) is 17.2. The number of likely N-dealkylation sites (tertiary alicyclic amines) is 1.